The van der Waals surface area contributed by atoms with Crippen molar-refractivity contribution in [2.75, 3.05) is 18.5 Å². The third kappa shape index (κ3) is 7.82. The zero-order valence-corrected chi connectivity index (χ0v) is 18.2. The van der Waals surface area contributed by atoms with E-state index in [4.69, 9.17) is 9.47 Å². The Balaban J connectivity index is 1.42. The van der Waals surface area contributed by atoms with Crippen LogP contribution >= 0.6 is 0 Å². The van der Waals surface area contributed by atoms with E-state index in [9.17, 15) is 4.79 Å². The number of anilines is 1. The van der Waals surface area contributed by atoms with Crippen LogP contribution in [0.1, 0.15) is 48.5 Å². The van der Waals surface area contributed by atoms with Crippen LogP contribution in [-0.4, -0.2) is 19.1 Å². The number of ether oxygens (including phenoxy) is 2. The van der Waals surface area contributed by atoms with E-state index in [1.54, 1.807) is 12.1 Å². The molecule has 0 aromatic heterocycles. The van der Waals surface area contributed by atoms with Crippen LogP contribution in [0.25, 0.3) is 0 Å². The predicted molar refractivity (Wildman–Crippen MR) is 126 cm³/mol. The first-order valence-corrected chi connectivity index (χ1v) is 11.1. The topological polar surface area (TPSA) is 47.6 Å². The van der Waals surface area contributed by atoms with E-state index in [1.807, 2.05) is 54.6 Å². The Labute approximate surface area is 185 Å². The van der Waals surface area contributed by atoms with E-state index in [-0.39, 0.29) is 5.91 Å². The van der Waals surface area contributed by atoms with Gasteiger partial charge >= 0.3 is 0 Å². The number of hydrogen-bond donors (Lipinski definition) is 1. The summed E-state index contributed by atoms with van der Waals surface area (Å²) in [4.78, 5) is 12.5. The van der Waals surface area contributed by atoms with Crippen molar-refractivity contribution in [3.8, 4) is 11.5 Å². The molecule has 0 atom stereocenters. The molecule has 0 aliphatic rings. The summed E-state index contributed by atoms with van der Waals surface area (Å²) in [5.74, 6) is 1.43. The summed E-state index contributed by atoms with van der Waals surface area (Å²) in [6, 6.07) is 24.9. The van der Waals surface area contributed by atoms with E-state index >= 15 is 0 Å². The Morgan fingerprint density at radius 1 is 0.742 bits per heavy atom. The van der Waals surface area contributed by atoms with Gasteiger partial charge in [0.2, 0.25) is 0 Å². The largest absolute Gasteiger partial charge is 0.494 e. The maximum Gasteiger partial charge on any atom is 0.255 e. The molecule has 0 aliphatic heterocycles. The molecule has 0 saturated carbocycles. The third-order valence-corrected chi connectivity index (χ3v) is 5.00. The maximum atomic E-state index is 12.5. The molecule has 0 radical (unpaired) electrons. The number of carbonyl (C=O) groups excluding carboxylic acids is 1. The summed E-state index contributed by atoms with van der Waals surface area (Å²) in [5, 5.41) is 2.92. The van der Waals surface area contributed by atoms with Gasteiger partial charge in [-0.25, -0.2) is 0 Å². The summed E-state index contributed by atoms with van der Waals surface area (Å²) >= 11 is 0. The van der Waals surface area contributed by atoms with Gasteiger partial charge in [0.1, 0.15) is 11.5 Å². The molecule has 3 rings (SSSR count). The number of benzene rings is 3. The minimum absolute atomic E-state index is 0.149. The van der Waals surface area contributed by atoms with E-state index in [0.717, 1.165) is 36.6 Å². The first kappa shape index (κ1) is 22.4. The minimum atomic E-state index is -0.149. The predicted octanol–water partition coefficient (Wildman–Crippen LogP) is 6.52. The molecule has 0 aliphatic carbocycles. The number of amides is 1. The van der Waals surface area contributed by atoms with Crippen LogP contribution in [-0.2, 0) is 6.42 Å². The molecule has 0 saturated heterocycles. The van der Waals surface area contributed by atoms with Crippen molar-refractivity contribution in [2.24, 2.45) is 0 Å². The van der Waals surface area contributed by atoms with Gasteiger partial charge in [-0.15, -0.1) is 0 Å². The van der Waals surface area contributed by atoms with Crippen molar-refractivity contribution in [1.82, 2.24) is 0 Å². The molecule has 0 bridgehead atoms. The molecule has 0 spiro atoms. The molecule has 162 valence electrons. The fourth-order valence-corrected chi connectivity index (χ4v) is 3.19. The molecule has 1 amide bonds. The Kier molecular flexibility index (Phi) is 8.99. The second-order valence-electron chi connectivity index (χ2n) is 7.50. The van der Waals surface area contributed by atoms with Crippen LogP contribution in [0.4, 0.5) is 5.69 Å². The quantitative estimate of drug-likeness (QED) is 0.341. The molecular formula is C27H31NO3. The minimum Gasteiger partial charge on any atom is -0.494 e. The zero-order valence-electron chi connectivity index (χ0n) is 18.2. The smallest absolute Gasteiger partial charge is 0.255 e. The second-order valence-corrected chi connectivity index (χ2v) is 7.50. The molecule has 31 heavy (non-hydrogen) atoms. The third-order valence-electron chi connectivity index (χ3n) is 5.00. The van der Waals surface area contributed by atoms with E-state index in [2.05, 4.69) is 24.4 Å². The average molecular weight is 418 g/mol. The molecule has 4 nitrogen and oxygen atoms in total. The van der Waals surface area contributed by atoms with Crippen molar-refractivity contribution < 1.29 is 14.3 Å². The normalized spacial score (nSPS) is 10.5. The number of rotatable bonds is 12. The molecule has 0 heterocycles. The Bertz CT molecular complexity index is 905. The van der Waals surface area contributed by atoms with Gasteiger partial charge in [-0.05, 0) is 60.5 Å². The molecular weight excluding hydrogens is 386 g/mol. The zero-order chi connectivity index (χ0) is 21.7. The highest BCUT2D eigenvalue weighted by molar-refractivity contribution is 6.04. The summed E-state index contributed by atoms with van der Waals surface area (Å²) in [6.07, 6.45) is 5.58. The Morgan fingerprint density at radius 3 is 2.06 bits per heavy atom. The lowest BCUT2D eigenvalue weighted by Crippen LogP contribution is -2.11. The summed E-state index contributed by atoms with van der Waals surface area (Å²) in [6.45, 7) is 3.53. The number of nitrogens with one attached hydrogen (secondary N) is 1. The number of hydrogen-bond acceptors (Lipinski definition) is 3. The first-order valence-electron chi connectivity index (χ1n) is 11.1. The van der Waals surface area contributed by atoms with Gasteiger partial charge in [0.15, 0.2) is 0 Å². The van der Waals surface area contributed by atoms with Crippen molar-refractivity contribution >= 4 is 11.6 Å². The van der Waals surface area contributed by atoms with Gasteiger partial charge in [0.05, 0.1) is 13.2 Å². The van der Waals surface area contributed by atoms with Crippen molar-refractivity contribution in [2.45, 2.75) is 39.0 Å². The van der Waals surface area contributed by atoms with Gasteiger partial charge in [0.25, 0.3) is 5.91 Å². The Hall–Kier alpha value is -3.27. The monoisotopic (exact) mass is 417 g/mol. The summed E-state index contributed by atoms with van der Waals surface area (Å²) in [5.41, 5.74) is 2.57. The lowest BCUT2D eigenvalue weighted by molar-refractivity contribution is 0.102. The van der Waals surface area contributed by atoms with Crippen LogP contribution in [0, 0.1) is 0 Å². The van der Waals surface area contributed by atoms with Crippen LogP contribution in [0.2, 0.25) is 0 Å². The fraction of sp³-hybridized carbons (Fsp3) is 0.296. The van der Waals surface area contributed by atoms with E-state index in [1.165, 1.54) is 24.8 Å². The standard InChI is InChI=1S/C27H31NO3/c1-2-3-4-8-20-30-26-17-13-24(14-18-26)28-27(29)23-11-15-25(16-12-23)31-21-19-22-9-6-5-7-10-22/h5-7,9-18H,2-4,8,19-21H2,1H3,(H,28,29). The SMILES string of the molecule is CCCCCCOc1ccc(NC(=O)c2ccc(OCCc3ccccc3)cc2)cc1. The molecule has 3 aromatic rings. The summed E-state index contributed by atoms with van der Waals surface area (Å²) in [7, 11) is 0. The molecule has 4 heteroatoms. The maximum absolute atomic E-state index is 12.5. The summed E-state index contributed by atoms with van der Waals surface area (Å²) < 4.78 is 11.5. The number of carbonyl (C=O) groups is 1. The molecule has 3 aromatic carbocycles. The van der Waals surface area contributed by atoms with Crippen LogP contribution in [0.15, 0.2) is 78.9 Å². The van der Waals surface area contributed by atoms with Gasteiger partial charge in [0, 0.05) is 17.7 Å². The lowest BCUT2D eigenvalue weighted by atomic mass is 10.2. The van der Waals surface area contributed by atoms with Crippen LogP contribution in [0.3, 0.4) is 0 Å². The van der Waals surface area contributed by atoms with Crippen LogP contribution < -0.4 is 14.8 Å². The van der Waals surface area contributed by atoms with Gasteiger partial charge in [-0.3, -0.25) is 4.79 Å². The number of unbranched alkanes of at least 4 members (excludes halogenated alkanes) is 3. The molecule has 0 unspecified atom stereocenters. The van der Waals surface area contributed by atoms with Crippen molar-refractivity contribution in [3.63, 3.8) is 0 Å². The lowest BCUT2D eigenvalue weighted by Gasteiger charge is -2.09. The second kappa shape index (κ2) is 12.4. The van der Waals surface area contributed by atoms with Gasteiger partial charge in [-0.2, -0.15) is 0 Å². The van der Waals surface area contributed by atoms with E-state index < -0.39 is 0 Å². The highest BCUT2D eigenvalue weighted by Gasteiger charge is 2.07. The fourth-order valence-electron chi connectivity index (χ4n) is 3.19. The molecule has 1 N–H and O–H groups in total. The van der Waals surface area contributed by atoms with Crippen molar-refractivity contribution in [1.29, 1.82) is 0 Å². The van der Waals surface area contributed by atoms with Gasteiger partial charge in [-0.1, -0.05) is 56.5 Å². The highest BCUT2D eigenvalue weighted by Crippen LogP contribution is 2.18. The van der Waals surface area contributed by atoms with Crippen molar-refractivity contribution in [3.05, 3.63) is 90.0 Å². The van der Waals surface area contributed by atoms with E-state index in [0.29, 0.717) is 12.2 Å². The average Bonchev–Trinajstić information content (AvgIpc) is 2.81. The van der Waals surface area contributed by atoms with Gasteiger partial charge < -0.3 is 14.8 Å². The first-order chi connectivity index (χ1) is 15.2. The Morgan fingerprint density at radius 2 is 1.39 bits per heavy atom. The van der Waals surface area contributed by atoms with Crippen LogP contribution in [0.5, 0.6) is 11.5 Å². The highest BCUT2D eigenvalue weighted by atomic mass is 16.5. The molecule has 0 fully saturated rings.